The largest absolute Gasteiger partial charge is 0.367 e. The van der Waals surface area contributed by atoms with E-state index in [0.29, 0.717) is 17.5 Å². The molecular weight excluding hydrogens is 302 g/mol. The molecule has 2 fully saturated rings. The van der Waals surface area contributed by atoms with E-state index in [4.69, 9.17) is 0 Å². The highest BCUT2D eigenvalue weighted by Gasteiger charge is 2.27. The monoisotopic (exact) mass is 325 g/mol. The van der Waals surface area contributed by atoms with E-state index >= 15 is 0 Å². The summed E-state index contributed by atoms with van der Waals surface area (Å²) in [6, 6.07) is 6.43. The molecule has 3 heterocycles. The summed E-state index contributed by atoms with van der Waals surface area (Å²) in [5.74, 6) is 1.24. The van der Waals surface area contributed by atoms with Crippen molar-refractivity contribution in [2.24, 2.45) is 0 Å². The molecule has 2 aromatic rings. The van der Waals surface area contributed by atoms with Crippen LogP contribution in [0.3, 0.4) is 0 Å². The van der Waals surface area contributed by atoms with E-state index in [2.05, 4.69) is 26.6 Å². The van der Waals surface area contributed by atoms with Crippen LogP contribution in [0.5, 0.6) is 0 Å². The van der Waals surface area contributed by atoms with Crippen LogP contribution in [0.1, 0.15) is 53.3 Å². The lowest BCUT2D eigenvalue weighted by molar-refractivity contribution is 0.0705. The van der Waals surface area contributed by atoms with Crippen molar-refractivity contribution in [3.63, 3.8) is 0 Å². The maximum absolute atomic E-state index is 12.8. The highest BCUT2D eigenvalue weighted by molar-refractivity contribution is 5.94. The molecule has 1 atom stereocenters. The second-order valence-electron chi connectivity index (χ2n) is 6.92. The first-order valence-corrected chi connectivity index (χ1v) is 8.73. The molecule has 1 aliphatic carbocycles. The summed E-state index contributed by atoms with van der Waals surface area (Å²) >= 11 is 0. The summed E-state index contributed by atoms with van der Waals surface area (Å²) in [6.45, 7) is 3.54. The maximum atomic E-state index is 12.8. The van der Waals surface area contributed by atoms with E-state index < -0.39 is 0 Å². The van der Waals surface area contributed by atoms with E-state index in [0.717, 1.165) is 43.1 Å². The van der Waals surface area contributed by atoms with Gasteiger partial charge < -0.3 is 10.2 Å². The lowest BCUT2D eigenvalue weighted by atomic mass is 9.94. The SMILES string of the molecule is Cc1cc([C@@H]2CCCN(C(=O)c3ccc(NC4CC4)nc3)C2)n[nH]1. The molecular formula is C18H23N5O. The predicted octanol–water partition coefficient (Wildman–Crippen LogP) is 2.71. The molecule has 2 aliphatic rings. The smallest absolute Gasteiger partial charge is 0.255 e. The van der Waals surface area contributed by atoms with Gasteiger partial charge in [0.2, 0.25) is 0 Å². The number of H-pyrrole nitrogens is 1. The average molecular weight is 325 g/mol. The molecule has 1 amide bonds. The number of amides is 1. The number of aromatic nitrogens is 3. The normalized spacial score (nSPS) is 20.9. The van der Waals surface area contributed by atoms with E-state index in [-0.39, 0.29) is 5.91 Å². The van der Waals surface area contributed by atoms with E-state index in [9.17, 15) is 4.79 Å². The van der Waals surface area contributed by atoms with Gasteiger partial charge in [0.05, 0.1) is 11.3 Å². The number of likely N-dealkylation sites (tertiary alicyclic amines) is 1. The molecule has 6 heteroatoms. The zero-order valence-electron chi connectivity index (χ0n) is 14.0. The van der Waals surface area contributed by atoms with Gasteiger partial charge in [0.15, 0.2) is 0 Å². The van der Waals surface area contributed by atoms with Gasteiger partial charge in [-0.1, -0.05) is 0 Å². The van der Waals surface area contributed by atoms with Crippen molar-refractivity contribution < 1.29 is 4.79 Å². The third-order valence-corrected chi connectivity index (χ3v) is 4.79. The summed E-state index contributed by atoms with van der Waals surface area (Å²) in [5.41, 5.74) is 2.79. The Kier molecular flexibility index (Phi) is 3.96. The molecule has 0 aromatic carbocycles. The number of anilines is 1. The molecule has 0 unspecified atom stereocenters. The van der Waals surface area contributed by atoms with Gasteiger partial charge in [-0.05, 0) is 50.8 Å². The molecule has 0 bridgehead atoms. The lowest BCUT2D eigenvalue weighted by Crippen LogP contribution is -2.39. The standard InChI is InChI=1S/C18H23N5O/c1-12-9-16(22-21-12)14-3-2-8-23(11-14)18(24)13-4-7-17(19-10-13)20-15-5-6-15/h4,7,9-10,14-15H,2-3,5-6,8,11H2,1H3,(H,19,20)(H,21,22)/t14-/m1/s1. The van der Waals surface area contributed by atoms with Crippen molar-refractivity contribution in [3.8, 4) is 0 Å². The van der Waals surface area contributed by atoms with Gasteiger partial charge in [-0.25, -0.2) is 4.98 Å². The molecule has 24 heavy (non-hydrogen) atoms. The Labute approximate surface area is 141 Å². The second kappa shape index (κ2) is 6.26. The van der Waals surface area contributed by atoms with Crippen LogP contribution < -0.4 is 5.32 Å². The van der Waals surface area contributed by atoms with Crippen LogP contribution in [0.2, 0.25) is 0 Å². The number of hydrogen-bond acceptors (Lipinski definition) is 4. The summed E-state index contributed by atoms with van der Waals surface area (Å²) in [4.78, 5) is 19.1. The fourth-order valence-corrected chi connectivity index (χ4v) is 3.28. The van der Waals surface area contributed by atoms with E-state index in [1.807, 2.05) is 24.0 Å². The van der Waals surface area contributed by atoms with Gasteiger partial charge in [0, 0.05) is 36.9 Å². The number of nitrogens with one attached hydrogen (secondary N) is 2. The van der Waals surface area contributed by atoms with Crippen molar-refractivity contribution in [2.75, 3.05) is 18.4 Å². The van der Waals surface area contributed by atoms with Gasteiger partial charge in [-0.15, -0.1) is 0 Å². The predicted molar refractivity (Wildman–Crippen MR) is 92.1 cm³/mol. The molecule has 0 spiro atoms. The Balaban J connectivity index is 1.43. The number of rotatable bonds is 4. The van der Waals surface area contributed by atoms with E-state index in [1.165, 1.54) is 12.8 Å². The molecule has 6 nitrogen and oxygen atoms in total. The first kappa shape index (κ1) is 15.2. The molecule has 2 N–H and O–H groups in total. The molecule has 1 saturated carbocycles. The summed E-state index contributed by atoms with van der Waals surface area (Å²) in [5, 5.41) is 10.7. The van der Waals surface area contributed by atoms with Crippen molar-refractivity contribution in [1.29, 1.82) is 0 Å². The third kappa shape index (κ3) is 3.27. The Bertz CT molecular complexity index is 719. The Morgan fingerprint density at radius 3 is 2.88 bits per heavy atom. The number of aromatic amines is 1. The van der Waals surface area contributed by atoms with Crippen LogP contribution in [-0.4, -0.2) is 45.1 Å². The second-order valence-corrected chi connectivity index (χ2v) is 6.92. The first-order valence-electron chi connectivity index (χ1n) is 8.73. The van der Waals surface area contributed by atoms with E-state index in [1.54, 1.807) is 6.20 Å². The van der Waals surface area contributed by atoms with Crippen molar-refractivity contribution in [2.45, 2.75) is 44.6 Å². The van der Waals surface area contributed by atoms with Crippen molar-refractivity contribution >= 4 is 11.7 Å². The fourth-order valence-electron chi connectivity index (χ4n) is 3.28. The number of hydrogen-bond donors (Lipinski definition) is 2. The van der Waals surface area contributed by atoms with Gasteiger partial charge in [0.1, 0.15) is 5.82 Å². The topological polar surface area (TPSA) is 73.9 Å². The Morgan fingerprint density at radius 2 is 2.21 bits per heavy atom. The number of nitrogens with zero attached hydrogens (tertiary/aromatic N) is 3. The minimum atomic E-state index is 0.0671. The van der Waals surface area contributed by atoms with Crippen LogP contribution in [0, 0.1) is 6.92 Å². The number of carbonyl (C=O) groups excluding carboxylic acids is 1. The van der Waals surface area contributed by atoms with Gasteiger partial charge in [-0.2, -0.15) is 5.10 Å². The van der Waals surface area contributed by atoms with Crippen molar-refractivity contribution in [3.05, 3.63) is 41.3 Å². The molecule has 0 radical (unpaired) electrons. The van der Waals surface area contributed by atoms with Gasteiger partial charge in [0.25, 0.3) is 5.91 Å². The van der Waals surface area contributed by atoms with Gasteiger partial charge >= 0.3 is 0 Å². The minimum Gasteiger partial charge on any atom is -0.367 e. The first-order chi connectivity index (χ1) is 11.7. The average Bonchev–Trinajstić information content (AvgIpc) is 3.32. The Morgan fingerprint density at radius 1 is 1.33 bits per heavy atom. The molecule has 1 saturated heterocycles. The molecule has 4 rings (SSSR count). The maximum Gasteiger partial charge on any atom is 0.255 e. The molecule has 1 aliphatic heterocycles. The van der Waals surface area contributed by atoms with Crippen LogP contribution in [0.15, 0.2) is 24.4 Å². The molecule has 126 valence electrons. The minimum absolute atomic E-state index is 0.0671. The summed E-state index contributed by atoms with van der Waals surface area (Å²) in [7, 11) is 0. The summed E-state index contributed by atoms with van der Waals surface area (Å²) < 4.78 is 0. The zero-order chi connectivity index (χ0) is 16.5. The van der Waals surface area contributed by atoms with Crippen molar-refractivity contribution in [1.82, 2.24) is 20.1 Å². The number of pyridine rings is 1. The number of aryl methyl sites for hydroxylation is 1. The third-order valence-electron chi connectivity index (χ3n) is 4.79. The quantitative estimate of drug-likeness (QED) is 0.906. The Hall–Kier alpha value is -2.37. The van der Waals surface area contributed by atoms with Gasteiger partial charge in [-0.3, -0.25) is 9.89 Å². The number of piperidine rings is 1. The number of carbonyl (C=O) groups is 1. The van der Waals surface area contributed by atoms with Crippen LogP contribution in [-0.2, 0) is 0 Å². The fraction of sp³-hybridized carbons (Fsp3) is 0.500. The zero-order valence-corrected chi connectivity index (χ0v) is 14.0. The highest BCUT2D eigenvalue weighted by Crippen LogP contribution is 2.27. The highest BCUT2D eigenvalue weighted by atomic mass is 16.2. The van der Waals surface area contributed by atoms with Crippen LogP contribution in [0.25, 0.3) is 0 Å². The van der Waals surface area contributed by atoms with Crippen LogP contribution in [0.4, 0.5) is 5.82 Å². The molecule has 2 aromatic heterocycles. The van der Waals surface area contributed by atoms with Crippen LogP contribution >= 0.6 is 0 Å². The summed E-state index contributed by atoms with van der Waals surface area (Å²) in [6.07, 6.45) is 6.21. The lowest BCUT2D eigenvalue weighted by Gasteiger charge is -2.32.